The Balaban J connectivity index is 1.41. The number of carbonyl (C=O) groups excluding carboxylic acids is 1. The van der Waals surface area contributed by atoms with Crippen molar-refractivity contribution in [2.75, 3.05) is 18.5 Å². The summed E-state index contributed by atoms with van der Waals surface area (Å²) in [4.78, 5) is 12.4. The van der Waals surface area contributed by atoms with Gasteiger partial charge in [-0.3, -0.25) is 10.1 Å². The van der Waals surface area contributed by atoms with E-state index in [1.165, 1.54) is 5.56 Å². The Morgan fingerprint density at radius 3 is 2.54 bits per heavy atom. The van der Waals surface area contributed by atoms with Crippen LogP contribution in [0.4, 0.5) is 6.01 Å². The second-order valence-electron chi connectivity index (χ2n) is 6.89. The van der Waals surface area contributed by atoms with Gasteiger partial charge in [-0.25, -0.2) is 0 Å². The summed E-state index contributed by atoms with van der Waals surface area (Å²) >= 11 is 0. The highest BCUT2D eigenvalue weighted by atomic mass is 16.6. The molecule has 28 heavy (non-hydrogen) atoms. The highest BCUT2D eigenvalue weighted by molar-refractivity contribution is 6.03. The molecule has 0 radical (unpaired) electrons. The number of amides is 1. The third-order valence-corrected chi connectivity index (χ3v) is 4.49. The molecule has 1 amide bonds. The Bertz CT molecular complexity index is 980. The Hall–Kier alpha value is -3.35. The highest BCUT2D eigenvalue weighted by Gasteiger charge is 2.17. The van der Waals surface area contributed by atoms with Crippen molar-refractivity contribution >= 4 is 11.9 Å². The van der Waals surface area contributed by atoms with E-state index in [0.29, 0.717) is 48.5 Å². The molecule has 7 nitrogen and oxygen atoms in total. The van der Waals surface area contributed by atoms with Gasteiger partial charge in [-0.2, -0.15) is 0 Å². The number of rotatable bonds is 5. The van der Waals surface area contributed by atoms with Gasteiger partial charge in [0, 0.05) is 5.56 Å². The van der Waals surface area contributed by atoms with E-state index in [1.807, 2.05) is 12.1 Å². The van der Waals surface area contributed by atoms with Crippen molar-refractivity contribution in [3.8, 4) is 11.5 Å². The molecule has 2 heterocycles. The van der Waals surface area contributed by atoms with Gasteiger partial charge in [0.25, 0.3) is 5.91 Å². The lowest BCUT2D eigenvalue weighted by molar-refractivity contribution is 0.102. The summed E-state index contributed by atoms with van der Waals surface area (Å²) in [6, 6.07) is 13.4. The fourth-order valence-corrected chi connectivity index (χ4v) is 2.92. The molecule has 0 spiro atoms. The number of ether oxygens (including phenoxy) is 2. The number of aromatic nitrogens is 2. The molecule has 1 aliphatic rings. The first-order chi connectivity index (χ1) is 13.6. The smallest absolute Gasteiger partial charge is 0.322 e. The first-order valence-corrected chi connectivity index (χ1v) is 9.21. The maximum Gasteiger partial charge on any atom is 0.322 e. The second-order valence-corrected chi connectivity index (χ2v) is 6.89. The minimum atomic E-state index is -0.353. The zero-order valence-electron chi connectivity index (χ0n) is 15.8. The molecule has 0 saturated heterocycles. The van der Waals surface area contributed by atoms with Crippen LogP contribution in [0.15, 0.2) is 46.9 Å². The van der Waals surface area contributed by atoms with E-state index in [-0.39, 0.29) is 11.9 Å². The number of nitrogens with one attached hydrogen (secondary N) is 1. The molecular formula is C21H21N3O4. The van der Waals surface area contributed by atoms with E-state index in [9.17, 15) is 4.79 Å². The van der Waals surface area contributed by atoms with Gasteiger partial charge in [-0.05, 0) is 35.2 Å². The summed E-state index contributed by atoms with van der Waals surface area (Å²) in [6.45, 7) is 5.28. The van der Waals surface area contributed by atoms with Crippen LogP contribution in [0.25, 0.3) is 0 Å². The van der Waals surface area contributed by atoms with Crippen molar-refractivity contribution in [2.45, 2.75) is 26.2 Å². The van der Waals surface area contributed by atoms with E-state index in [0.717, 1.165) is 5.56 Å². The van der Waals surface area contributed by atoms with Crippen molar-refractivity contribution < 1.29 is 18.7 Å². The first kappa shape index (κ1) is 18.0. The molecule has 7 heteroatoms. The summed E-state index contributed by atoms with van der Waals surface area (Å²) in [7, 11) is 0. The van der Waals surface area contributed by atoms with Crippen molar-refractivity contribution in [2.24, 2.45) is 0 Å². The zero-order valence-corrected chi connectivity index (χ0v) is 15.8. The topological polar surface area (TPSA) is 86.5 Å². The van der Waals surface area contributed by atoms with E-state index < -0.39 is 0 Å². The van der Waals surface area contributed by atoms with E-state index in [4.69, 9.17) is 13.9 Å². The number of benzene rings is 2. The summed E-state index contributed by atoms with van der Waals surface area (Å²) in [5.74, 6) is 1.75. The summed E-state index contributed by atoms with van der Waals surface area (Å²) in [5.41, 5.74) is 2.77. The van der Waals surface area contributed by atoms with Gasteiger partial charge in [0.05, 0.1) is 6.42 Å². The number of carbonyl (C=O) groups is 1. The average Bonchev–Trinajstić information content (AvgIpc) is 3.14. The fraction of sp³-hybridized carbons (Fsp3) is 0.286. The molecule has 0 bridgehead atoms. The quantitative estimate of drug-likeness (QED) is 0.725. The third-order valence-electron chi connectivity index (χ3n) is 4.49. The molecule has 1 aromatic heterocycles. The van der Waals surface area contributed by atoms with Gasteiger partial charge in [0.1, 0.15) is 13.2 Å². The minimum Gasteiger partial charge on any atom is -0.486 e. The Labute approximate surface area is 162 Å². The number of hydrogen-bond donors (Lipinski definition) is 1. The lowest BCUT2D eigenvalue weighted by atomic mass is 10.0. The van der Waals surface area contributed by atoms with Gasteiger partial charge >= 0.3 is 6.01 Å². The SMILES string of the molecule is CC(C)c1ccc(Cc2nnc(NC(=O)c3ccc4c(c3)OCCO4)o2)cc1. The zero-order chi connectivity index (χ0) is 19.5. The van der Waals surface area contributed by atoms with Crippen LogP contribution >= 0.6 is 0 Å². The van der Waals surface area contributed by atoms with E-state index >= 15 is 0 Å². The predicted octanol–water partition coefficient (Wildman–Crippen LogP) is 3.81. The van der Waals surface area contributed by atoms with Gasteiger partial charge in [-0.15, -0.1) is 5.10 Å². The Kier molecular flexibility index (Phi) is 4.97. The summed E-state index contributed by atoms with van der Waals surface area (Å²) in [6.07, 6.45) is 0.505. The van der Waals surface area contributed by atoms with Crippen LogP contribution in [-0.2, 0) is 6.42 Å². The molecule has 1 aliphatic heterocycles. The van der Waals surface area contributed by atoms with Gasteiger partial charge < -0.3 is 13.9 Å². The Morgan fingerprint density at radius 2 is 1.79 bits per heavy atom. The molecule has 2 aromatic carbocycles. The number of nitrogens with zero attached hydrogens (tertiary/aromatic N) is 2. The summed E-state index contributed by atoms with van der Waals surface area (Å²) < 4.78 is 16.5. The lowest BCUT2D eigenvalue weighted by Crippen LogP contribution is -2.17. The molecule has 0 atom stereocenters. The molecule has 0 saturated carbocycles. The number of fused-ring (bicyclic) bond motifs is 1. The number of anilines is 1. The average molecular weight is 379 g/mol. The van der Waals surface area contributed by atoms with Crippen LogP contribution in [0.5, 0.6) is 11.5 Å². The summed E-state index contributed by atoms with van der Waals surface area (Å²) in [5, 5.41) is 10.5. The normalized spacial score (nSPS) is 12.8. The third kappa shape index (κ3) is 3.98. The molecule has 0 fully saturated rings. The minimum absolute atomic E-state index is 0.0636. The predicted molar refractivity (Wildman–Crippen MR) is 103 cm³/mol. The van der Waals surface area contributed by atoms with Crippen LogP contribution in [0.2, 0.25) is 0 Å². The molecule has 0 unspecified atom stereocenters. The standard InChI is InChI=1S/C21H21N3O4/c1-13(2)15-5-3-14(4-6-15)11-19-23-24-21(28-19)22-20(25)16-7-8-17-18(12-16)27-10-9-26-17/h3-8,12-13H,9-11H2,1-2H3,(H,22,24,25). The van der Waals surface area contributed by atoms with Gasteiger partial charge in [0.2, 0.25) is 5.89 Å². The van der Waals surface area contributed by atoms with Crippen molar-refractivity contribution in [3.63, 3.8) is 0 Å². The molecule has 4 rings (SSSR count). The van der Waals surface area contributed by atoms with Crippen LogP contribution in [-0.4, -0.2) is 29.3 Å². The first-order valence-electron chi connectivity index (χ1n) is 9.21. The monoisotopic (exact) mass is 379 g/mol. The maximum atomic E-state index is 12.4. The maximum absolute atomic E-state index is 12.4. The van der Waals surface area contributed by atoms with E-state index in [2.05, 4.69) is 41.5 Å². The van der Waals surface area contributed by atoms with Crippen LogP contribution in [0.1, 0.15) is 47.1 Å². The van der Waals surface area contributed by atoms with Gasteiger partial charge in [0.15, 0.2) is 11.5 Å². The molecule has 1 N–H and O–H groups in total. The molecule has 144 valence electrons. The van der Waals surface area contributed by atoms with Crippen LogP contribution < -0.4 is 14.8 Å². The highest BCUT2D eigenvalue weighted by Crippen LogP contribution is 2.31. The molecular weight excluding hydrogens is 358 g/mol. The largest absolute Gasteiger partial charge is 0.486 e. The van der Waals surface area contributed by atoms with Crippen molar-refractivity contribution in [1.29, 1.82) is 0 Å². The number of hydrogen-bond acceptors (Lipinski definition) is 6. The van der Waals surface area contributed by atoms with Crippen molar-refractivity contribution in [3.05, 3.63) is 65.0 Å². The second kappa shape index (κ2) is 7.72. The van der Waals surface area contributed by atoms with Crippen LogP contribution in [0, 0.1) is 0 Å². The van der Waals surface area contributed by atoms with E-state index in [1.54, 1.807) is 18.2 Å². The molecule has 3 aromatic rings. The fourth-order valence-electron chi connectivity index (χ4n) is 2.92. The van der Waals surface area contributed by atoms with Crippen LogP contribution in [0.3, 0.4) is 0 Å². The van der Waals surface area contributed by atoms with Gasteiger partial charge in [-0.1, -0.05) is 43.2 Å². The molecule has 0 aliphatic carbocycles. The Morgan fingerprint density at radius 1 is 1.04 bits per heavy atom. The lowest BCUT2D eigenvalue weighted by Gasteiger charge is -2.18. The van der Waals surface area contributed by atoms with Crippen molar-refractivity contribution in [1.82, 2.24) is 10.2 Å².